The molecule has 2 N–H and O–H groups in total. The van der Waals surface area contributed by atoms with Gasteiger partial charge in [-0.1, -0.05) is 0 Å². The van der Waals surface area contributed by atoms with Crippen molar-refractivity contribution in [3.8, 4) is 0 Å². The Balaban J connectivity index is 2.38. The highest BCUT2D eigenvalue weighted by atomic mass is 32.1. The smallest absolute Gasteiger partial charge is 0.314 e. The average molecular weight is 185 g/mol. The van der Waals surface area contributed by atoms with Gasteiger partial charge in [0.05, 0.1) is 17.2 Å². The maximum Gasteiger partial charge on any atom is 0.314 e. The van der Waals surface area contributed by atoms with Gasteiger partial charge in [0.1, 0.15) is 0 Å². The number of hydrogen-bond acceptors (Lipinski definition) is 3. The van der Waals surface area contributed by atoms with Crippen LogP contribution in [0.3, 0.4) is 0 Å². The second-order valence-electron chi connectivity index (χ2n) is 2.29. The molecule has 0 aliphatic carbocycles. The third kappa shape index (κ3) is 2.50. The van der Waals surface area contributed by atoms with Crippen molar-refractivity contribution in [3.05, 3.63) is 16.1 Å². The van der Waals surface area contributed by atoms with Gasteiger partial charge in [0.15, 0.2) is 0 Å². The molecule has 0 bridgehead atoms. The largest absolute Gasteiger partial charge is 0.341 e. The van der Waals surface area contributed by atoms with Crippen LogP contribution in [0.25, 0.3) is 0 Å². The van der Waals surface area contributed by atoms with E-state index in [0.29, 0.717) is 6.54 Å². The first-order valence-corrected chi connectivity index (χ1v) is 4.47. The van der Waals surface area contributed by atoms with Gasteiger partial charge < -0.3 is 10.6 Å². The van der Waals surface area contributed by atoms with E-state index in [-0.39, 0.29) is 6.03 Å². The van der Waals surface area contributed by atoms with Gasteiger partial charge in [0, 0.05) is 12.4 Å². The summed E-state index contributed by atoms with van der Waals surface area (Å²) in [6.07, 6.45) is 0. The zero-order chi connectivity index (χ0) is 8.97. The molecule has 0 fully saturated rings. The Kier molecular flexibility index (Phi) is 3.04. The first-order chi connectivity index (χ1) is 5.72. The Morgan fingerprint density at radius 1 is 1.75 bits per heavy atom. The molecular weight excluding hydrogens is 174 g/mol. The second kappa shape index (κ2) is 4.06. The van der Waals surface area contributed by atoms with Crippen molar-refractivity contribution in [2.45, 2.75) is 13.5 Å². The minimum Gasteiger partial charge on any atom is -0.341 e. The van der Waals surface area contributed by atoms with Crippen LogP contribution in [-0.4, -0.2) is 18.1 Å². The minimum atomic E-state index is -0.180. The fourth-order valence-electron chi connectivity index (χ4n) is 0.749. The highest BCUT2D eigenvalue weighted by Crippen LogP contribution is 2.06. The topological polar surface area (TPSA) is 54.0 Å². The maximum absolute atomic E-state index is 10.7. The summed E-state index contributed by atoms with van der Waals surface area (Å²) < 4.78 is 0. The van der Waals surface area contributed by atoms with Crippen molar-refractivity contribution >= 4 is 17.4 Å². The quantitative estimate of drug-likeness (QED) is 0.718. The van der Waals surface area contributed by atoms with E-state index in [9.17, 15) is 4.79 Å². The monoisotopic (exact) mass is 185 g/mol. The molecule has 0 radical (unpaired) electrons. The molecule has 0 atom stereocenters. The lowest BCUT2D eigenvalue weighted by Gasteiger charge is -2.00. The number of urea groups is 1. The van der Waals surface area contributed by atoms with Gasteiger partial charge in [-0.2, -0.15) is 0 Å². The van der Waals surface area contributed by atoms with Crippen LogP contribution in [0.2, 0.25) is 0 Å². The summed E-state index contributed by atoms with van der Waals surface area (Å²) in [7, 11) is 1.58. The summed E-state index contributed by atoms with van der Waals surface area (Å²) in [4.78, 5) is 14.9. The summed E-state index contributed by atoms with van der Waals surface area (Å²) in [5, 5.41) is 8.08. The fourth-order valence-corrected chi connectivity index (χ4v) is 1.36. The standard InChI is InChI=1S/C7H11N3OS/c1-5-10-6(4-12-5)3-9-7(11)8-2/h4H,3H2,1-2H3,(H2,8,9,11). The molecule has 0 saturated carbocycles. The molecule has 0 aliphatic heterocycles. The minimum absolute atomic E-state index is 0.180. The number of carbonyl (C=O) groups is 1. The van der Waals surface area contributed by atoms with Crippen LogP contribution in [0.1, 0.15) is 10.7 Å². The molecule has 4 nitrogen and oxygen atoms in total. The molecule has 0 spiro atoms. The normalized spacial score (nSPS) is 9.50. The molecule has 1 aromatic rings. The van der Waals surface area contributed by atoms with E-state index in [1.54, 1.807) is 18.4 Å². The van der Waals surface area contributed by atoms with Gasteiger partial charge in [-0.25, -0.2) is 9.78 Å². The highest BCUT2D eigenvalue weighted by molar-refractivity contribution is 7.09. The Bertz CT molecular complexity index is 271. The number of carbonyl (C=O) groups excluding carboxylic acids is 1. The second-order valence-corrected chi connectivity index (χ2v) is 3.35. The van der Waals surface area contributed by atoms with E-state index in [1.165, 1.54) is 0 Å². The van der Waals surface area contributed by atoms with Gasteiger partial charge >= 0.3 is 6.03 Å². The molecule has 5 heteroatoms. The number of thiazole rings is 1. The number of aryl methyl sites for hydroxylation is 1. The van der Waals surface area contributed by atoms with Crippen LogP contribution in [0.5, 0.6) is 0 Å². The van der Waals surface area contributed by atoms with E-state index in [1.807, 2.05) is 12.3 Å². The van der Waals surface area contributed by atoms with E-state index in [0.717, 1.165) is 10.7 Å². The number of aromatic nitrogens is 1. The van der Waals surface area contributed by atoms with Crippen molar-refractivity contribution < 1.29 is 4.79 Å². The van der Waals surface area contributed by atoms with Crippen molar-refractivity contribution in [3.63, 3.8) is 0 Å². The Morgan fingerprint density at radius 2 is 2.50 bits per heavy atom. The van der Waals surface area contributed by atoms with Crippen LogP contribution in [0.15, 0.2) is 5.38 Å². The molecule has 12 heavy (non-hydrogen) atoms. The van der Waals surface area contributed by atoms with Crippen LogP contribution in [-0.2, 0) is 6.54 Å². The van der Waals surface area contributed by atoms with Crippen molar-refractivity contribution in [1.29, 1.82) is 0 Å². The molecule has 0 saturated heterocycles. The fraction of sp³-hybridized carbons (Fsp3) is 0.429. The molecule has 66 valence electrons. The summed E-state index contributed by atoms with van der Waals surface area (Å²) >= 11 is 1.58. The lowest BCUT2D eigenvalue weighted by atomic mass is 10.5. The molecule has 0 aliphatic rings. The third-order valence-electron chi connectivity index (χ3n) is 1.32. The van der Waals surface area contributed by atoms with E-state index >= 15 is 0 Å². The maximum atomic E-state index is 10.7. The Hall–Kier alpha value is -1.10. The lowest BCUT2D eigenvalue weighted by Crippen LogP contribution is -2.32. The average Bonchev–Trinajstić information content (AvgIpc) is 2.47. The zero-order valence-corrected chi connectivity index (χ0v) is 7.86. The molecular formula is C7H11N3OS. The summed E-state index contributed by atoms with van der Waals surface area (Å²) in [6.45, 7) is 2.43. The summed E-state index contributed by atoms with van der Waals surface area (Å²) in [6, 6.07) is -0.180. The van der Waals surface area contributed by atoms with Crippen LogP contribution in [0.4, 0.5) is 4.79 Å². The van der Waals surface area contributed by atoms with Crippen LogP contribution < -0.4 is 10.6 Å². The van der Waals surface area contributed by atoms with E-state index in [4.69, 9.17) is 0 Å². The predicted octanol–water partition coefficient (Wildman–Crippen LogP) is 0.881. The van der Waals surface area contributed by atoms with Gasteiger partial charge in [-0.15, -0.1) is 11.3 Å². The molecule has 0 unspecified atom stereocenters. The SMILES string of the molecule is CNC(=O)NCc1csc(C)n1. The van der Waals surface area contributed by atoms with E-state index < -0.39 is 0 Å². The third-order valence-corrected chi connectivity index (χ3v) is 2.15. The zero-order valence-electron chi connectivity index (χ0n) is 7.05. The van der Waals surface area contributed by atoms with Gasteiger partial charge in [-0.05, 0) is 6.92 Å². The highest BCUT2D eigenvalue weighted by Gasteiger charge is 1.99. The van der Waals surface area contributed by atoms with Crippen LogP contribution in [0, 0.1) is 6.92 Å². The summed E-state index contributed by atoms with van der Waals surface area (Å²) in [5.41, 5.74) is 0.904. The number of amides is 2. The number of nitrogens with one attached hydrogen (secondary N) is 2. The number of nitrogens with zero attached hydrogens (tertiary/aromatic N) is 1. The first-order valence-electron chi connectivity index (χ1n) is 3.59. The number of hydrogen-bond donors (Lipinski definition) is 2. The summed E-state index contributed by atoms with van der Waals surface area (Å²) in [5.74, 6) is 0. The first kappa shape index (κ1) is 8.99. The Morgan fingerprint density at radius 3 is 3.00 bits per heavy atom. The number of rotatable bonds is 2. The Labute approximate surface area is 75.0 Å². The van der Waals surface area contributed by atoms with Gasteiger partial charge in [0.2, 0.25) is 0 Å². The van der Waals surface area contributed by atoms with Gasteiger partial charge in [-0.3, -0.25) is 0 Å². The van der Waals surface area contributed by atoms with E-state index in [2.05, 4.69) is 15.6 Å². The molecule has 1 aromatic heterocycles. The molecule has 1 heterocycles. The molecule has 2 amide bonds. The predicted molar refractivity (Wildman–Crippen MR) is 48.1 cm³/mol. The van der Waals surface area contributed by atoms with Gasteiger partial charge in [0.25, 0.3) is 0 Å². The molecule has 0 aromatic carbocycles. The van der Waals surface area contributed by atoms with Crippen molar-refractivity contribution in [2.75, 3.05) is 7.05 Å². The molecule has 1 rings (SSSR count). The van der Waals surface area contributed by atoms with Crippen molar-refractivity contribution in [1.82, 2.24) is 15.6 Å². The lowest BCUT2D eigenvalue weighted by molar-refractivity contribution is 0.242. The van der Waals surface area contributed by atoms with Crippen LogP contribution >= 0.6 is 11.3 Å². The van der Waals surface area contributed by atoms with Crippen molar-refractivity contribution in [2.24, 2.45) is 0 Å².